The van der Waals surface area contributed by atoms with Crippen LogP contribution >= 0.6 is 11.3 Å². The number of aromatic nitrogens is 1. The highest BCUT2D eigenvalue weighted by Crippen LogP contribution is 2.31. The van der Waals surface area contributed by atoms with Crippen molar-refractivity contribution in [2.45, 2.75) is 13.0 Å². The van der Waals surface area contributed by atoms with Gasteiger partial charge in [0.05, 0.1) is 11.8 Å². The Morgan fingerprint density at radius 3 is 2.86 bits per heavy atom. The number of rotatable bonds is 3. The van der Waals surface area contributed by atoms with Crippen molar-refractivity contribution in [3.05, 3.63) is 34.8 Å². The first-order chi connectivity index (χ1) is 10.1. The number of amides is 1. The largest absolute Gasteiger partial charge is 0.486 e. The van der Waals surface area contributed by atoms with Gasteiger partial charge in [-0.15, -0.1) is 11.3 Å². The van der Waals surface area contributed by atoms with Gasteiger partial charge in [0.1, 0.15) is 13.2 Å². The van der Waals surface area contributed by atoms with Gasteiger partial charge in [-0.3, -0.25) is 10.1 Å². The molecule has 0 aliphatic carbocycles. The predicted molar refractivity (Wildman–Crippen MR) is 78.1 cm³/mol. The van der Waals surface area contributed by atoms with Gasteiger partial charge in [0.2, 0.25) is 0 Å². The van der Waals surface area contributed by atoms with E-state index in [-0.39, 0.29) is 5.91 Å². The van der Waals surface area contributed by atoms with Crippen molar-refractivity contribution in [1.29, 1.82) is 0 Å². The fourth-order valence-electron chi connectivity index (χ4n) is 1.89. The Bertz CT molecular complexity index is 669. The molecule has 110 valence electrons. The van der Waals surface area contributed by atoms with E-state index in [1.165, 1.54) is 11.3 Å². The average Bonchev–Trinajstić information content (AvgIpc) is 2.95. The number of nitrogens with one attached hydrogen (secondary N) is 1. The van der Waals surface area contributed by atoms with Gasteiger partial charge in [-0.2, -0.15) is 0 Å². The van der Waals surface area contributed by atoms with Crippen molar-refractivity contribution in [2.24, 2.45) is 0 Å². The lowest BCUT2D eigenvalue weighted by Crippen LogP contribution is -2.17. The summed E-state index contributed by atoms with van der Waals surface area (Å²) < 4.78 is 10.9. The molecule has 21 heavy (non-hydrogen) atoms. The van der Waals surface area contributed by atoms with Crippen LogP contribution in [-0.2, 0) is 0 Å². The molecule has 0 radical (unpaired) electrons. The molecule has 1 aliphatic heterocycles. The van der Waals surface area contributed by atoms with E-state index in [1.54, 1.807) is 30.5 Å². The van der Waals surface area contributed by atoms with Crippen molar-refractivity contribution >= 4 is 22.4 Å². The van der Waals surface area contributed by atoms with Crippen LogP contribution in [0.5, 0.6) is 11.5 Å². The van der Waals surface area contributed by atoms with Gasteiger partial charge in [-0.1, -0.05) is 0 Å². The van der Waals surface area contributed by atoms with E-state index in [4.69, 9.17) is 9.47 Å². The molecule has 0 fully saturated rings. The summed E-state index contributed by atoms with van der Waals surface area (Å²) in [5.74, 6) is 0.930. The van der Waals surface area contributed by atoms with Crippen LogP contribution in [0.4, 0.5) is 5.13 Å². The maximum absolute atomic E-state index is 12.2. The molecule has 0 saturated carbocycles. The number of hydrogen-bond donors (Lipinski definition) is 2. The summed E-state index contributed by atoms with van der Waals surface area (Å²) in [7, 11) is 0. The molecule has 2 aromatic rings. The number of aliphatic hydroxyl groups is 1. The summed E-state index contributed by atoms with van der Waals surface area (Å²) in [5, 5.41) is 14.3. The highest BCUT2D eigenvalue weighted by atomic mass is 32.1. The molecule has 1 amide bonds. The zero-order valence-electron chi connectivity index (χ0n) is 11.3. The lowest BCUT2D eigenvalue weighted by Gasteiger charge is -2.18. The molecule has 1 unspecified atom stereocenters. The number of fused-ring (bicyclic) bond motifs is 1. The van der Waals surface area contributed by atoms with Crippen molar-refractivity contribution in [3.63, 3.8) is 0 Å². The zero-order chi connectivity index (χ0) is 14.8. The Morgan fingerprint density at radius 2 is 2.14 bits per heavy atom. The Morgan fingerprint density at radius 1 is 1.38 bits per heavy atom. The normalized spacial score (nSPS) is 14.6. The van der Waals surface area contributed by atoms with Gasteiger partial charge in [-0.25, -0.2) is 4.98 Å². The summed E-state index contributed by atoms with van der Waals surface area (Å²) in [4.78, 5) is 16.3. The molecule has 1 aromatic carbocycles. The second-order valence-electron chi connectivity index (χ2n) is 4.57. The van der Waals surface area contributed by atoms with E-state index in [1.807, 2.05) is 0 Å². The Kier molecular flexibility index (Phi) is 3.76. The van der Waals surface area contributed by atoms with Crippen LogP contribution in [-0.4, -0.2) is 29.2 Å². The number of thiazole rings is 1. The standard InChI is InChI=1S/C14H14N2O4S/c1-8(17)10-7-21-14(15-10)16-13(18)9-2-3-11-12(6-9)20-5-4-19-11/h2-3,6-8,17H,4-5H2,1H3,(H,15,16,18). The van der Waals surface area contributed by atoms with E-state index in [2.05, 4.69) is 10.3 Å². The molecule has 6 nitrogen and oxygen atoms in total. The molecule has 7 heteroatoms. The second kappa shape index (κ2) is 5.71. The fourth-order valence-corrected chi connectivity index (χ4v) is 2.68. The van der Waals surface area contributed by atoms with Crippen LogP contribution in [0, 0.1) is 0 Å². The molecule has 0 bridgehead atoms. The third-order valence-corrected chi connectivity index (χ3v) is 3.75. The fraction of sp³-hybridized carbons (Fsp3) is 0.286. The van der Waals surface area contributed by atoms with Gasteiger partial charge in [0.15, 0.2) is 16.6 Å². The van der Waals surface area contributed by atoms with Crippen LogP contribution < -0.4 is 14.8 Å². The molecular weight excluding hydrogens is 292 g/mol. The Labute approximate surface area is 125 Å². The number of benzene rings is 1. The van der Waals surface area contributed by atoms with Crippen LogP contribution in [0.15, 0.2) is 23.6 Å². The quantitative estimate of drug-likeness (QED) is 0.909. The van der Waals surface area contributed by atoms with Crippen molar-refractivity contribution in [3.8, 4) is 11.5 Å². The molecule has 1 aromatic heterocycles. The number of carbonyl (C=O) groups is 1. The molecule has 0 saturated heterocycles. The molecule has 1 atom stereocenters. The molecule has 1 aliphatic rings. The van der Waals surface area contributed by atoms with Gasteiger partial charge in [-0.05, 0) is 25.1 Å². The van der Waals surface area contributed by atoms with E-state index >= 15 is 0 Å². The van der Waals surface area contributed by atoms with E-state index in [9.17, 15) is 9.90 Å². The summed E-state index contributed by atoms with van der Waals surface area (Å²) >= 11 is 1.27. The summed E-state index contributed by atoms with van der Waals surface area (Å²) in [5.41, 5.74) is 1.01. The average molecular weight is 306 g/mol. The zero-order valence-corrected chi connectivity index (χ0v) is 12.1. The van der Waals surface area contributed by atoms with Gasteiger partial charge in [0, 0.05) is 10.9 Å². The number of nitrogens with zero attached hydrogens (tertiary/aromatic N) is 1. The Balaban J connectivity index is 1.75. The first kappa shape index (κ1) is 13.8. The molecular formula is C14H14N2O4S. The highest BCUT2D eigenvalue weighted by molar-refractivity contribution is 7.14. The maximum Gasteiger partial charge on any atom is 0.257 e. The SMILES string of the molecule is CC(O)c1csc(NC(=O)c2ccc3c(c2)OCCO3)n1. The minimum Gasteiger partial charge on any atom is -0.486 e. The third-order valence-electron chi connectivity index (χ3n) is 2.97. The van der Waals surface area contributed by atoms with Crippen molar-refractivity contribution in [1.82, 2.24) is 4.98 Å². The maximum atomic E-state index is 12.2. The summed E-state index contributed by atoms with van der Waals surface area (Å²) in [6.45, 7) is 2.61. The summed E-state index contributed by atoms with van der Waals surface area (Å²) in [6.07, 6.45) is -0.652. The van der Waals surface area contributed by atoms with E-state index < -0.39 is 6.10 Å². The molecule has 2 N–H and O–H groups in total. The van der Waals surface area contributed by atoms with Crippen LogP contribution in [0.2, 0.25) is 0 Å². The van der Waals surface area contributed by atoms with Crippen LogP contribution in [0.25, 0.3) is 0 Å². The number of hydrogen-bond acceptors (Lipinski definition) is 6. The lowest BCUT2D eigenvalue weighted by molar-refractivity contribution is 0.102. The highest BCUT2D eigenvalue weighted by Gasteiger charge is 2.16. The van der Waals surface area contributed by atoms with Gasteiger partial charge < -0.3 is 14.6 Å². The first-order valence-corrected chi connectivity index (χ1v) is 7.36. The van der Waals surface area contributed by atoms with E-state index in [0.29, 0.717) is 41.1 Å². The predicted octanol–water partition coefficient (Wildman–Crippen LogP) is 2.22. The minimum absolute atomic E-state index is 0.279. The van der Waals surface area contributed by atoms with Crippen LogP contribution in [0.3, 0.4) is 0 Å². The monoisotopic (exact) mass is 306 g/mol. The topological polar surface area (TPSA) is 80.7 Å². The van der Waals surface area contributed by atoms with Crippen molar-refractivity contribution < 1.29 is 19.4 Å². The smallest absolute Gasteiger partial charge is 0.257 e. The first-order valence-electron chi connectivity index (χ1n) is 6.48. The number of ether oxygens (including phenoxy) is 2. The van der Waals surface area contributed by atoms with E-state index in [0.717, 1.165) is 0 Å². The second-order valence-corrected chi connectivity index (χ2v) is 5.42. The molecule has 3 rings (SSSR count). The van der Waals surface area contributed by atoms with Gasteiger partial charge >= 0.3 is 0 Å². The number of anilines is 1. The third kappa shape index (κ3) is 2.98. The van der Waals surface area contributed by atoms with Gasteiger partial charge in [0.25, 0.3) is 5.91 Å². The number of carbonyl (C=O) groups excluding carboxylic acids is 1. The molecule has 0 spiro atoms. The lowest BCUT2D eigenvalue weighted by atomic mass is 10.2. The molecule has 2 heterocycles. The Hall–Kier alpha value is -2.12. The summed E-state index contributed by atoms with van der Waals surface area (Å²) in [6, 6.07) is 5.03. The number of aliphatic hydroxyl groups excluding tert-OH is 1. The van der Waals surface area contributed by atoms with Crippen molar-refractivity contribution in [2.75, 3.05) is 18.5 Å². The van der Waals surface area contributed by atoms with Crippen LogP contribution in [0.1, 0.15) is 29.1 Å². The minimum atomic E-state index is -0.652.